The molecule has 2 rings (SSSR count). The summed E-state index contributed by atoms with van der Waals surface area (Å²) in [6, 6.07) is 15.0. The molecule has 124 valence electrons. The van der Waals surface area contributed by atoms with Crippen molar-refractivity contribution in [2.75, 3.05) is 7.11 Å². The largest absolute Gasteiger partial charge is 0.493 e. The van der Waals surface area contributed by atoms with Crippen LogP contribution in [0, 0.1) is 6.92 Å². The van der Waals surface area contributed by atoms with Gasteiger partial charge in [-0.25, -0.2) is 0 Å². The third-order valence-electron chi connectivity index (χ3n) is 3.78. The Morgan fingerprint density at radius 2 is 1.65 bits per heavy atom. The summed E-state index contributed by atoms with van der Waals surface area (Å²) in [7, 11) is 1.68. The first-order valence-electron chi connectivity index (χ1n) is 8.13. The van der Waals surface area contributed by atoms with Crippen molar-refractivity contribution in [3.63, 3.8) is 0 Å². The van der Waals surface area contributed by atoms with Crippen LogP contribution in [0.15, 0.2) is 42.5 Å². The number of hydrogen-bond donors (Lipinski definition) is 1. The van der Waals surface area contributed by atoms with Gasteiger partial charge in [0.05, 0.1) is 13.2 Å². The number of nitrogens with one attached hydrogen (secondary N) is 1. The Bertz CT molecular complexity index is 620. The van der Waals surface area contributed by atoms with Gasteiger partial charge in [-0.05, 0) is 51.0 Å². The van der Waals surface area contributed by atoms with Crippen LogP contribution in [0.4, 0.5) is 0 Å². The second-order valence-electron chi connectivity index (χ2n) is 6.17. The highest BCUT2D eigenvalue weighted by atomic mass is 16.5. The van der Waals surface area contributed by atoms with E-state index in [0.717, 1.165) is 18.0 Å². The molecule has 1 unspecified atom stereocenters. The van der Waals surface area contributed by atoms with E-state index in [2.05, 4.69) is 49.5 Å². The molecule has 0 saturated heterocycles. The van der Waals surface area contributed by atoms with E-state index in [1.165, 1.54) is 16.7 Å². The molecule has 0 aliphatic heterocycles. The first-order chi connectivity index (χ1) is 11.0. The minimum Gasteiger partial charge on any atom is -0.493 e. The van der Waals surface area contributed by atoms with Crippen molar-refractivity contribution in [2.24, 2.45) is 0 Å². The van der Waals surface area contributed by atoms with Crippen LogP contribution < -0.4 is 14.8 Å². The SMILES string of the molecule is COc1cc(CNC(C)c2ccc(C)cc2)ccc1OC(C)C. The van der Waals surface area contributed by atoms with E-state index in [0.29, 0.717) is 6.04 Å². The zero-order valence-electron chi connectivity index (χ0n) is 14.7. The maximum absolute atomic E-state index is 5.75. The molecule has 23 heavy (non-hydrogen) atoms. The fourth-order valence-electron chi connectivity index (χ4n) is 2.42. The van der Waals surface area contributed by atoms with E-state index in [4.69, 9.17) is 9.47 Å². The van der Waals surface area contributed by atoms with Gasteiger partial charge in [0.1, 0.15) is 0 Å². The average Bonchev–Trinajstić information content (AvgIpc) is 2.53. The molecule has 1 N–H and O–H groups in total. The van der Waals surface area contributed by atoms with Crippen LogP contribution in [-0.4, -0.2) is 13.2 Å². The number of rotatable bonds is 7. The predicted octanol–water partition coefficient (Wildman–Crippen LogP) is 4.64. The molecule has 0 aliphatic carbocycles. The molecule has 0 bridgehead atoms. The topological polar surface area (TPSA) is 30.5 Å². The number of ether oxygens (including phenoxy) is 2. The minimum atomic E-state index is 0.134. The number of methoxy groups -OCH3 is 1. The highest BCUT2D eigenvalue weighted by Crippen LogP contribution is 2.29. The van der Waals surface area contributed by atoms with Gasteiger partial charge in [-0.2, -0.15) is 0 Å². The Balaban J connectivity index is 2.01. The third kappa shape index (κ3) is 5.00. The number of benzene rings is 2. The Kier molecular flexibility index (Phi) is 6.05. The second-order valence-corrected chi connectivity index (χ2v) is 6.17. The number of hydrogen-bond acceptors (Lipinski definition) is 3. The van der Waals surface area contributed by atoms with Gasteiger partial charge in [0.2, 0.25) is 0 Å². The van der Waals surface area contributed by atoms with Crippen molar-refractivity contribution in [1.29, 1.82) is 0 Å². The summed E-state index contributed by atoms with van der Waals surface area (Å²) in [6.07, 6.45) is 0.134. The van der Waals surface area contributed by atoms with Gasteiger partial charge in [0.15, 0.2) is 11.5 Å². The molecule has 0 saturated carbocycles. The molecule has 0 amide bonds. The fourth-order valence-corrected chi connectivity index (χ4v) is 2.42. The molecule has 0 fully saturated rings. The normalized spacial score (nSPS) is 12.3. The molecule has 0 spiro atoms. The lowest BCUT2D eigenvalue weighted by molar-refractivity contribution is 0.230. The van der Waals surface area contributed by atoms with Crippen molar-refractivity contribution >= 4 is 0 Å². The van der Waals surface area contributed by atoms with Gasteiger partial charge in [-0.3, -0.25) is 0 Å². The van der Waals surface area contributed by atoms with Crippen molar-refractivity contribution in [3.8, 4) is 11.5 Å². The fraction of sp³-hybridized carbons (Fsp3) is 0.400. The standard InChI is InChI=1S/C20H27NO2/c1-14(2)23-19-11-8-17(12-20(19)22-5)13-21-16(4)18-9-6-15(3)7-10-18/h6-12,14,16,21H,13H2,1-5H3. The molecule has 0 radical (unpaired) electrons. The third-order valence-corrected chi connectivity index (χ3v) is 3.78. The van der Waals surface area contributed by atoms with Crippen molar-refractivity contribution < 1.29 is 9.47 Å². The lowest BCUT2D eigenvalue weighted by atomic mass is 10.1. The summed E-state index contributed by atoms with van der Waals surface area (Å²) in [6.45, 7) is 9.09. The predicted molar refractivity (Wildman–Crippen MR) is 95.2 cm³/mol. The molecule has 3 nitrogen and oxygen atoms in total. The quantitative estimate of drug-likeness (QED) is 0.807. The van der Waals surface area contributed by atoms with Crippen LogP contribution in [0.2, 0.25) is 0 Å². The molecule has 2 aromatic carbocycles. The lowest BCUT2D eigenvalue weighted by Gasteiger charge is -2.17. The van der Waals surface area contributed by atoms with E-state index < -0.39 is 0 Å². The first-order valence-corrected chi connectivity index (χ1v) is 8.13. The maximum atomic E-state index is 5.75. The zero-order chi connectivity index (χ0) is 16.8. The van der Waals surface area contributed by atoms with Crippen LogP contribution in [0.5, 0.6) is 11.5 Å². The second kappa shape index (κ2) is 8.02. The maximum Gasteiger partial charge on any atom is 0.161 e. The monoisotopic (exact) mass is 313 g/mol. The highest BCUT2D eigenvalue weighted by molar-refractivity contribution is 5.43. The minimum absolute atomic E-state index is 0.134. The van der Waals surface area contributed by atoms with E-state index in [1.54, 1.807) is 7.11 Å². The summed E-state index contributed by atoms with van der Waals surface area (Å²) in [4.78, 5) is 0. The Hall–Kier alpha value is -2.00. The number of aryl methyl sites for hydroxylation is 1. The van der Waals surface area contributed by atoms with Crippen molar-refractivity contribution in [3.05, 3.63) is 59.2 Å². The smallest absolute Gasteiger partial charge is 0.161 e. The molecule has 0 aliphatic rings. The van der Waals surface area contributed by atoms with Crippen LogP contribution in [0.3, 0.4) is 0 Å². The van der Waals surface area contributed by atoms with Gasteiger partial charge in [0, 0.05) is 12.6 Å². The molecule has 0 aromatic heterocycles. The van der Waals surface area contributed by atoms with Crippen molar-refractivity contribution in [1.82, 2.24) is 5.32 Å². The van der Waals surface area contributed by atoms with Gasteiger partial charge in [-0.15, -0.1) is 0 Å². The van der Waals surface area contributed by atoms with E-state index in [-0.39, 0.29) is 6.10 Å². The Morgan fingerprint density at radius 1 is 0.957 bits per heavy atom. The van der Waals surface area contributed by atoms with Crippen molar-refractivity contribution in [2.45, 2.75) is 46.4 Å². The molecular formula is C20H27NO2. The molecule has 3 heteroatoms. The van der Waals surface area contributed by atoms with Crippen LogP contribution in [0.25, 0.3) is 0 Å². The summed E-state index contributed by atoms with van der Waals surface area (Å²) in [5, 5.41) is 3.55. The van der Waals surface area contributed by atoms with Crippen LogP contribution in [0.1, 0.15) is 43.5 Å². The van der Waals surface area contributed by atoms with Gasteiger partial charge in [-0.1, -0.05) is 35.9 Å². The highest BCUT2D eigenvalue weighted by Gasteiger charge is 2.09. The van der Waals surface area contributed by atoms with Crippen LogP contribution in [-0.2, 0) is 6.54 Å². The molecule has 2 aromatic rings. The molecule has 1 atom stereocenters. The summed E-state index contributed by atoms with van der Waals surface area (Å²) >= 11 is 0. The Labute approximate surface area is 139 Å². The Morgan fingerprint density at radius 3 is 2.26 bits per heavy atom. The molecule has 0 heterocycles. The van der Waals surface area contributed by atoms with E-state index in [1.807, 2.05) is 26.0 Å². The van der Waals surface area contributed by atoms with E-state index in [9.17, 15) is 0 Å². The lowest BCUT2D eigenvalue weighted by Crippen LogP contribution is -2.18. The van der Waals surface area contributed by atoms with Gasteiger partial charge >= 0.3 is 0 Å². The zero-order valence-corrected chi connectivity index (χ0v) is 14.7. The van der Waals surface area contributed by atoms with Crippen LogP contribution >= 0.6 is 0 Å². The van der Waals surface area contributed by atoms with Gasteiger partial charge < -0.3 is 14.8 Å². The first kappa shape index (κ1) is 17.4. The molecular weight excluding hydrogens is 286 g/mol. The summed E-state index contributed by atoms with van der Waals surface area (Å²) < 4.78 is 11.2. The van der Waals surface area contributed by atoms with Gasteiger partial charge in [0.25, 0.3) is 0 Å². The van der Waals surface area contributed by atoms with E-state index >= 15 is 0 Å². The summed E-state index contributed by atoms with van der Waals surface area (Å²) in [5.41, 5.74) is 3.76. The average molecular weight is 313 g/mol. The summed E-state index contributed by atoms with van der Waals surface area (Å²) in [5.74, 6) is 1.57.